The van der Waals surface area contributed by atoms with E-state index in [-0.39, 0.29) is 18.0 Å². The topological polar surface area (TPSA) is 53.1 Å². The molecule has 0 radical (unpaired) electrons. The average Bonchev–Trinajstić information content (AvgIpc) is 2.65. The monoisotopic (exact) mass is 345 g/mol. The van der Waals surface area contributed by atoms with E-state index in [0.29, 0.717) is 19.3 Å². The Hall–Kier alpha value is -2.08. The molecule has 0 aliphatic carbocycles. The van der Waals surface area contributed by atoms with E-state index in [1.54, 1.807) is 7.11 Å². The van der Waals surface area contributed by atoms with Crippen LogP contribution in [0.2, 0.25) is 0 Å². The molecular weight excluding hydrogens is 318 g/mol. The minimum absolute atomic E-state index is 0.0133. The molecule has 0 saturated carbocycles. The summed E-state index contributed by atoms with van der Waals surface area (Å²) in [5, 5.41) is 0. The van der Waals surface area contributed by atoms with Crippen molar-refractivity contribution in [3.63, 3.8) is 0 Å². The van der Waals surface area contributed by atoms with Crippen molar-refractivity contribution < 1.29 is 14.3 Å². The summed E-state index contributed by atoms with van der Waals surface area (Å²) < 4.78 is 5.21. The van der Waals surface area contributed by atoms with Gasteiger partial charge >= 0.3 is 0 Å². The van der Waals surface area contributed by atoms with Crippen molar-refractivity contribution in [3.8, 4) is 5.75 Å². The summed E-state index contributed by atoms with van der Waals surface area (Å²) >= 11 is 0. The number of imide groups is 1. The number of hydrogen-bond acceptors (Lipinski definition) is 5. The summed E-state index contributed by atoms with van der Waals surface area (Å²) in [7, 11) is 1.67. The molecule has 0 spiro atoms. The lowest BCUT2D eigenvalue weighted by Crippen LogP contribution is -2.59. The van der Waals surface area contributed by atoms with Gasteiger partial charge < -0.3 is 9.64 Å². The largest absolute Gasteiger partial charge is 0.497 e. The highest BCUT2D eigenvalue weighted by atomic mass is 16.5. The molecule has 2 aliphatic rings. The van der Waals surface area contributed by atoms with Crippen LogP contribution in [-0.4, -0.2) is 61.1 Å². The second-order valence-corrected chi connectivity index (χ2v) is 6.62. The molecule has 0 N–H and O–H groups in total. The number of benzene rings is 1. The van der Waals surface area contributed by atoms with E-state index in [9.17, 15) is 9.59 Å². The van der Waals surface area contributed by atoms with E-state index in [1.807, 2.05) is 12.1 Å². The summed E-state index contributed by atoms with van der Waals surface area (Å²) in [5.41, 5.74) is 1.18. The van der Waals surface area contributed by atoms with Crippen molar-refractivity contribution in [1.82, 2.24) is 9.80 Å². The first-order valence-corrected chi connectivity index (χ1v) is 9.12. The lowest BCUT2D eigenvalue weighted by Gasteiger charge is -2.44. The number of anilines is 1. The summed E-state index contributed by atoms with van der Waals surface area (Å²) in [4.78, 5) is 30.6. The molecule has 1 unspecified atom stereocenters. The Labute approximate surface area is 149 Å². The first kappa shape index (κ1) is 17.7. The molecule has 2 saturated heterocycles. The van der Waals surface area contributed by atoms with Gasteiger partial charge in [0, 0.05) is 44.7 Å². The SMILES string of the molecule is CCC(N1CCN(c2ccc(OC)cc2)CC1)N1C(=O)CCCC1=O. The molecule has 2 heterocycles. The molecule has 6 nitrogen and oxygen atoms in total. The van der Waals surface area contributed by atoms with Gasteiger partial charge in [0.1, 0.15) is 5.75 Å². The van der Waals surface area contributed by atoms with E-state index in [0.717, 1.165) is 38.3 Å². The fraction of sp³-hybridized carbons (Fsp3) is 0.579. The maximum atomic E-state index is 12.3. The van der Waals surface area contributed by atoms with E-state index < -0.39 is 0 Å². The zero-order chi connectivity index (χ0) is 17.8. The van der Waals surface area contributed by atoms with Crippen molar-refractivity contribution in [2.24, 2.45) is 0 Å². The maximum absolute atomic E-state index is 12.3. The predicted octanol–water partition coefficient (Wildman–Crippen LogP) is 2.09. The number of carbonyl (C=O) groups excluding carboxylic acids is 2. The average molecular weight is 345 g/mol. The number of methoxy groups -OCH3 is 1. The molecule has 6 heteroatoms. The van der Waals surface area contributed by atoms with E-state index in [2.05, 4.69) is 28.9 Å². The van der Waals surface area contributed by atoms with Gasteiger partial charge in [-0.3, -0.25) is 19.4 Å². The van der Waals surface area contributed by atoms with Crippen LogP contribution in [0, 0.1) is 0 Å². The number of carbonyl (C=O) groups is 2. The Morgan fingerprint density at radius 1 is 1.00 bits per heavy atom. The minimum atomic E-state index is -0.0988. The number of nitrogens with zero attached hydrogens (tertiary/aromatic N) is 3. The predicted molar refractivity (Wildman–Crippen MR) is 96.6 cm³/mol. The molecular formula is C19H27N3O3. The minimum Gasteiger partial charge on any atom is -0.497 e. The lowest BCUT2D eigenvalue weighted by molar-refractivity contribution is -0.156. The van der Waals surface area contributed by atoms with Crippen LogP contribution in [0.4, 0.5) is 5.69 Å². The van der Waals surface area contributed by atoms with Crippen molar-refractivity contribution in [1.29, 1.82) is 0 Å². The molecule has 136 valence electrons. The van der Waals surface area contributed by atoms with Crippen LogP contribution in [0.1, 0.15) is 32.6 Å². The highest BCUT2D eigenvalue weighted by Gasteiger charge is 2.35. The normalized spacial score (nSPS) is 20.7. The van der Waals surface area contributed by atoms with Crippen LogP contribution < -0.4 is 9.64 Å². The van der Waals surface area contributed by atoms with E-state index in [4.69, 9.17) is 4.74 Å². The third-order valence-electron chi connectivity index (χ3n) is 5.16. The van der Waals surface area contributed by atoms with Gasteiger partial charge in [0.2, 0.25) is 11.8 Å². The van der Waals surface area contributed by atoms with Gasteiger partial charge in [-0.25, -0.2) is 0 Å². The van der Waals surface area contributed by atoms with Crippen LogP contribution in [0.25, 0.3) is 0 Å². The Kier molecular flexibility index (Phi) is 5.58. The molecule has 2 amide bonds. The number of piperazine rings is 1. The van der Waals surface area contributed by atoms with Crippen LogP contribution in [0.5, 0.6) is 5.75 Å². The summed E-state index contributed by atoms with van der Waals surface area (Å²) in [6, 6.07) is 8.09. The number of rotatable bonds is 5. The van der Waals surface area contributed by atoms with Crippen molar-refractivity contribution in [2.75, 3.05) is 38.2 Å². The highest BCUT2D eigenvalue weighted by Crippen LogP contribution is 2.24. The molecule has 3 rings (SSSR count). The lowest BCUT2D eigenvalue weighted by atomic mass is 10.1. The van der Waals surface area contributed by atoms with Gasteiger partial charge in [-0.15, -0.1) is 0 Å². The van der Waals surface area contributed by atoms with Crippen LogP contribution in [-0.2, 0) is 9.59 Å². The molecule has 0 aromatic heterocycles. The molecule has 1 aromatic rings. The van der Waals surface area contributed by atoms with Crippen molar-refractivity contribution in [3.05, 3.63) is 24.3 Å². The fourth-order valence-corrected chi connectivity index (χ4v) is 3.78. The second-order valence-electron chi connectivity index (χ2n) is 6.62. The van der Waals surface area contributed by atoms with Gasteiger partial charge in [-0.1, -0.05) is 6.92 Å². The van der Waals surface area contributed by atoms with Gasteiger partial charge in [0.25, 0.3) is 0 Å². The standard InChI is InChI=1S/C19H27N3O3/c1-3-17(22-18(23)5-4-6-19(22)24)21-13-11-20(12-14-21)15-7-9-16(25-2)10-8-15/h7-10,17H,3-6,11-14H2,1-2H3. The van der Waals surface area contributed by atoms with Crippen molar-refractivity contribution in [2.45, 2.75) is 38.8 Å². The number of likely N-dealkylation sites (tertiary alicyclic amines) is 1. The van der Waals surface area contributed by atoms with Crippen LogP contribution in [0.3, 0.4) is 0 Å². The summed E-state index contributed by atoms with van der Waals surface area (Å²) in [6.45, 7) is 5.52. The molecule has 2 aliphatic heterocycles. The number of ether oxygens (including phenoxy) is 1. The van der Waals surface area contributed by atoms with Gasteiger partial charge in [0.05, 0.1) is 13.3 Å². The van der Waals surface area contributed by atoms with Gasteiger partial charge in [-0.2, -0.15) is 0 Å². The van der Waals surface area contributed by atoms with E-state index >= 15 is 0 Å². The van der Waals surface area contributed by atoms with Gasteiger partial charge in [-0.05, 0) is 37.1 Å². The van der Waals surface area contributed by atoms with Gasteiger partial charge in [0.15, 0.2) is 0 Å². The number of hydrogen-bond donors (Lipinski definition) is 0. The Bertz CT molecular complexity index is 593. The molecule has 25 heavy (non-hydrogen) atoms. The third-order valence-corrected chi connectivity index (χ3v) is 5.16. The summed E-state index contributed by atoms with van der Waals surface area (Å²) in [6.07, 6.45) is 2.36. The number of piperidine rings is 1. The van der Waals surface area contributed by atoms with Crippen molar-refractivity contribution >= 4 is 17.5 Å². The zero-order valence-electron chi connectivity index (χ0n) is 15.1. The molecule has 0 bridgehead atoms. The zero-order valence-corrected chi connectivity index (χ0v) is 15.1. The Morgan fingerprint density at radius 2 is 1.60 bits per heavy atom. The molecule has 2 fully saturated rings. The first-order valence-electron chi connectivity index (χ1n) is 9.12. The fourth-order valence-electron chi connectivity index (χ4n) is 3.78. The Morgan fingerprint density at radius 3 is 2.12 bits per heavy atom. The van der Waals surface area contributed by atoms with Crippen LogP contribution in [0.15, 0.2) is 24.3 Å². The van der Waals surface area contributed by atoms with Crippen LogP contribution >= 0.6 is 0 Å². The van der Waals surface area contributed by atoms with E-state index in [1.165, 1.54) is 10.6 Å². The highest BCUT2D eigenvalue weighted by molar-refractivity contribution is 5.97. The quantitative estimate of drug-likeness (QED) is 0.765. The smallest absolute Gasteiger partial charge is 0.230 e. The molecule has 1 aromatic carbocycles. The maximum Gasteiger partial charge on any atom is 0.230 e. The first-order chi connectivity index (χ1) is 12.1. The second kappa shape index (κ2) is 7.87. The molecule has 1 atom stereocenters. The number of amides is 2. The third kappa shape index (κ3) is 3.79. The summed E-state index contributed by atoms with van der Waals surface area (Å²) in [5.74, 6) is 0.830. The Balaban J connectivity index is 1.63.